The van der Waals surface area contributed by atoms with Crippen LogP contribution in [-0.2, 0) is 6.42 Å². The van der Waals surface area contributed by atoms with Crippen molar-refractivity contribution in [3.63, 3.8) is 0 Å². The summed E-state index contributed by atoms with van der Waals surface area (Å²) in [7, 11) is 0. The molecule has 1 aromatic heterocycles. The lowest BCUT2D eigenvalue weighted by molar-refractivity contribution is 0.716. The van der Waals surface area contributed by atoms with Gasteiger partial charge >= 0.3 is 0 Å². The molecule has 2 heteroatoms. The Labute approximate surface area is 114 Å². The van der Waals surface area contributed by atoms with Crippen LogP contribution >= 0.6 is 11.3 Å². The number of fused-ring (bicyclic) bond motifs is 1. The third-order valence-electron chi connectivity index (χ3n) is 3.46. The molecule has 0 unspecified atom stereocenters. The van der Waals surface area contributed by atoms with E-state index < -0.39 is 0 Å². The molecule has 0 saturated carbocycles. The highest BCUT2D eigenvalue weighted by atomic mass is 32.1. The van der Waals surface area contributed by atoms with E-state index in [0.29, 0.717) is 0 Å². The molecule has 0 fully saturated rings. The summed E-state index contributed by atoms with van der Waals surface area (Å²) in [6, 6.07) is 2.33. The molecule has 0 spiro atoms. The van der Waals surface area contributed by atoms with E-state index in [1.807, 2.05) is 6.08 Å². The van der Waals surface area contributed by atoms with Gasteiger partial charge in [-0.1, -0.05) is 32.4 Å². The van der Waals surface area contributed by atoms with Crippen molar-refractivity contribution in [2.75, 3.05) is 0 Å². The number of aromatic nitrogens is 1. The summed E-state index contributed by atoms with van der Waals surface area (Å²) in [5.41, 5.74) is 5.18. The van der Waals surface area contributed by atoms with Crippen LogP contribution < -0.4 is 0 Å². The molecular weight excluding hydrogens is 238 g/mol. The van der Waals surface area contributed by atoms with Crippen molar-refractivity contribution in [3.05, 3.63) is 34.3 Å². The number of thiazole rings is 1. The van der Waals surface area contributed by atoms with Gasteiger partial charge in [0, 0.05) is 5.56 Å². The number of hydrogen-bond acceptors (Lipinski definition) is 2. The van der Waals surface area contributed by atoms with Gasteiger partial charge in [-0.05, 0) is 43.9 Å². The van der Waals surface area contributed by atoms with Crippen LogP contribution in [0.5, 0.6) is 0 Å². The minimum Gasteiger partial charge on any atom is -0.241 e. The molecule has 18 heavy (non-hydrogen) atoms. The van der Waals surface area contributed by atoms with Gasteiger partial charge in [-0.15, -0.1) is 11.3 Å². The summed E-state index contributed by atoms with van der Waals surface area (Å²) >= 11 is 1.78. The SMILES string of the molecule is C=Cc1c(C)c(CCCCC)cc2sc(C)nc12. The Balaban J connectivity index is 2.47. The number of rotatable bonds is 5. The van der Waals surface area contributed by atoms with Gasteiger partial charge in [0.1, 0.15) is 0 Å². The predicted octanol–water partition coefficient (Wildman–Crippen LogP) is 5.29. The highest BCUT2D eigenvalue weighted by Crippen LogP contribution is 2.31. The number of nitrogens with zero attached hydrogens (tertiary/aromatic N) is 1. The molecule has 0 aliphatic rings. The topological polar surface area (TPSA) is 12.9 Å². The molecule has 1 heterocycles. The molecule has 0 amide bonds. The summed E-state index contributed by atoms with van der Waals surface area (Å²) in [5.74, 6) is 0. The first kappa shape index (κ1) is 13.3. The van der Waals surface area contributed by atoms with Crippen LogP contribution in [0.25, 0.3) is 16.3 Å². The van der Waals surface area contributed by atoms with Crippen molar-refractivity contribution < 1.29 is 0 Å². The number of benzene rings is 1. The van der Waals surface area contributed by atoms with Crippen LogP contribution in [0.1, 0.15) is 47.9 Å². The van der Waals surface area contributed by atoms with Gasteiger partial charge in [0.05, 0.1) is 15.2 Å². The van der Waals surface area contributed by atoms with E-state index in [4.69, 9.17) is 0 Å². The van der Waals surface area contributed by atoms with E-state index in [0.717, 1.165) is 10.5 Å². The maximum Gasteiger partial charge on any atom is 0.0908 e. The lowest BCUT2D eigenvalue weighted by Crippen LogP contribution is -1.94. The van der Waals surface area contributed by atoms with Gasteiger partial charge in [0.25, 0.3) is 0 Å². The van der Waals surface area contributed by atoms with Crippen molar-refractivity contribution in [2.24, 2.45) is 0 Å². The van der Waals surface area contributed by atoms with E-state index in [-0.39, 0.29) is 0 Å². The van der Waals surface area contributed by atoms with Crippen LogP contribution in [0.2, 0.25) is 0 Å². The second kappa shape index (κ2) is 5.66. The van der Waals surface area contributed by atoms with E-state index >= 15 is 0 Å². The zero-order chi connectivity index (χ0) is 13.1. The zero-order valence-corrected chi connectivity index (χ0v) is 12.4. The van der Waals surface area contributed by atoms with Crippen LogP contribution in [-0.4, -0.2) is 4.98 Å². The third-order valence-corrected chi connectivity index (χ3v) is 4.38. The van der Waals surface area contributed by atoms with Crippen molar-refractivity contribution in [2.45, 2.75) is 46.5 Å². The fourth-order valence-electron chi connectivity index (χ4n) is 2.43. The van der Waals surface area contributed by atoms with Crippen molar-refractivity contribution in [1.82, 2.24) is 4.98 Å². The maximum absolute atomic E-state index is 4.63. The molecular formula is C16H21NS. The molecule has 0 radical (unpaired) electrons. The smallest absolute Gasteiger partial charge is 0.0908 e. The van der Waals surface area contributed by atoms with Gasteiger partial charge in [-0.3, -0.25) is 0 Å². The first-order valence-electron chi connectivity index (χ1n) is 6.69. The molecule has 2 rings (SSSR count). The average Bonchev–Trinajstić information content (AvgIpc) is 2.70. The molecule has 0 saturated heterocycles. The Morgan fingerprint density at radius 3 is 2.78 bits per heavy atom. The molecule has 0 aliphatic carbocycles. The van der Waals surface area contributed by atoms with E-state index in [1.165, 1.54) is 47.1 Å². The minimum absolute atomic E-state index is 1.13. The maximum atomic E-state index is 4.63. The van der Waals surface area contributed by atoms with E-state index in [2.05, 4.69) is 38.4 Å². The zero-order valence-electron chi connectivity index (χ0n) is 11.5. The van der Waals surface area contributed by atoms with Crippen molar-refractivity contribution >= 4 is 27.6 Å². The number of hydrogen-bond donors (Lipinski definition) is 0. The fourth-order valence-corrected chi connectivity index (χ4v) is 3.33. The Kier molecular flexibility index (Phi) is 4.18. The van der Waals surface area contributed by atoms with Gasteiger partial charge in [-0.2, -0.15) is 0 Å². The van der Waals surface area contributed by atoms with Crippen LogP contribution in [0.4, 0.5) is 0 Å². The molecule has 96 valence electrons. The van der Waals surface area contributed by atoms with Crippen molar-refractivity contribution in [3.8, 4) is 0 Å². The predicted molar refractivity (Wildman–Crippen MR) is 82.4 cm³/mol. The standard InChI is InChI=1S/C16H21NS/c1-5-7-8-9-13-10-15-16(17-12(4)18-15)14(6-2)11(13)3/h6,10H,2,5,7-9H2,1,3-4H3. The highest BCUT2D eigenvalue weighted by Gasteiger charge is 2.11. The second-order valence-electron chi connectivity index (χ2n) is 4.82. The molecule has 2 aromatic rings. The van der Waals surface area contributed by atoms with Crippen LogP contribution in [0.15, 0.2) is 12.6 Å². The molecule has 0 atom stereocenters. The molecule has 0 aliphatic heterocycles. The fraction of sp³-hybridized carbons (Fsp3) is 0.438. The van der Waals surface area contributed by atoms with Gasteiger partial charge in [0.2, 0.25) is 0 Å². The summed E-state index contributed by atoms with van der Waals surface area (Å²) in [5, 5.41) is 1.14. The van der Waals surface area contributed by atoms with E-state index in [1.54, 1.807) is 11.3 Å². The Bertz CT molecular complexity index is 566. The van der Waals surface area contributed by atoms with Gasteiger partial charge in [0.15, 0.2) is 0 Å². The lowest BCUT2D eigenvalue weighted by atomic mass is 9.97. The van der Waals surface area contributed by atoms with Crippen molar-refractivity contribution in [1.29, 1.82) is 0 Å². The quantitative estimate of drug-likeness (QED) is 0.665. The molecule has 1 nitrogen and oxygen atoms in total. The van der Waals surface area contributed by atoms with Gasteiger partial charge in [-0.25, -0.2) is 4.98 Å². The highest BCUT2D eigenvalue weighted by molar-refractivity contribution is 7.18. The molecule has 0 N–H and O–H groups in total. The normalized spacial score (nSPS) is 11.1. The van der Waals surface area contributed by atoms with E-state index in [9.17, 15) is 0 Å². The first-order chi connectivity index (χ1) is 8.67. The van der Waals surface area contributed by atoms with Gasteiger partial charge < -0.3 is 0 Å². The summed E-state index contributed by atoms with van der Waals surface area (Å²) < 4.78 is 1.31. The summed E-state index contributed by atoms with van der Waals surface area (Å²) in [4.78, 5) is 4.63. The average molecular weight is 259 g/mol. The first-order valence-corrected chi connectivity index (χ1v) is 7.51. The molecule has 0 bridgehead atoms. The molecule has 1 aromatic carbocycles. The third kappa shape index (κ3) is 2.49. The van der Waals surface area contributed by atoms with Crippen LogP contribution in [0.3, 0.4) is 0 Å². The second-order valence-corrected chi connectivity index (χ2v) is 6.05. The number of unbranched alkanes of at least 4 members (excludes halogenated alkanes) is 2. The Hall–Kier alpha value is -1.15. The largest absolute Gasteiger partial charge is 0.241 e. The Morgan fingerprint density at radius 1 is 1.33 bits per heavy atom. The summed E-state index contributed by atoms with van der Waals surface area (Å²) in [6.07, 6.45) is 6.99. The monoisotopic (exact) mass is 259 g/mol. The van der Waals surface area contributed by atoms with Crippen LogP contribution in [0, 0.1) is 13.8 Å². The lowest BCUT2D eigenvalue weighted by Gasteiger charge is -2.09. The number of aryl methyl sites for hydroxylation is 2. The Morgan fingerprint density at radius 2 is 2.11 bits per heavy atom. The minimum atomic E-state index is 1.13. The summed E-state index contributed by atoms with van der Waals surface area (Å²) in [6.45, 7) is 10.5.